The van der Waals surface area contributed by atoms with Crippen LogP contribution < -0.4 is 0 Å². The second-order valence-corrected chi connectivity index (χ2v) is 9.20. The third-order valence-corrected chi connectivity index (χ3v) is 7.32. The quantitative estimate of drug-likeness (QED) is 0.673. The Kier molecular flexibility index (Phi) is 4.64. The van der Waals surface area contributed by atoms with Crippen LogP contribution in [0.5, 0.6) is 0 Å². The third-order valence-electron chi connectivity index (χ3n) is 4.54. The molecule has 0 bridgehead atoms. The maximum Gasteiger partial charge on any atom is 0.257 e. The van der Waals surface area contributed by atoms with E-state index in [-0.39, 0.29) is 0 Å². The molecule has 136 valence electrons. The van der Waals surface area contributed by atoms with Gasteiger partial charge < -0.3 is 4.42 Å². The fraction of sp³-hybridized carbons (Fsp3) is 0.333. The van der Waals surface area contributed by atoms with Crippen molar-refractivity contribution >= 4 is 21.4 Å². The van der Waals surface area contributed by atoms with Crippen molar-refractivity contribution < 1.29 is 12.8 Å². The Hall–Kier alpha value is -2.03. The Morgan fingerprint density at radius 1 is 1.15 bits per heavy atom. The first-order valence-corrected chi connectivity index (χ1v) is 10.8. The Balaban J connectivity index is 1.67. The molecule has 0 saturated carbocycles. The van der Waals surface area contributed by atoms with Gasteiger partial charge in [0.15, 0.2) is 0 Å². The zero-order chi connectivity index (χ0) is 18.1. The van der Waals surface area contributed by atoms with E-state index in [0.29, 0.717) is 29.6 Å². The molecule has 4 rings (SSSR count). The summed E-state index contributed by atoms with van der Waals surface area (Å²) < 4.78 is 33.6. The van der Waals surface area contributed by atoms with E-state index in [0.717, 1.165) is 23.3 Å². The molecular formula is C18H19N3O3S2. The monoisotopic (exact) mass is 389 g/mol. The van der Waals surface area contributed by atoms with E-state index in [9.17, 15) is 8.42 Å². The first-order chi connectivity index (χ1) is 12.6. The van der Waals surface area contributed by atoms with Crippen LogP contribution in [-0.4, -0.2) is 29.5 Å². The molecule has 0 aliphatic carbocycles. The van der Waals surface area contributed by atoms with Gasteiger partial charge in [0.05, 0.1) is 9.77 Å². The zero-order valence-electron chi connectivity index (χ0n) is 14.3. The third kappa shape index (κ3) is 3.20. The van der Waals surface area contributed by atoms with E-state index < -0.39 is 16.1 Å². The molecule has 1 aliphatic rings. The van der Waals surface area contributed by atoms with Crippen molar-refractivity contribution in [3.05, 3.63) is 53.2 Å². The van der Waals surface area contributed by atoms with Crippen molar-refractivity contribution in [2.45, 2.75) is 37.1 Å². The highest BCUT2D eigenvalue weighted by molar-refractivity contribution is 7.89. The molecule has 0 radical (unpaired) electrons. The van der Waals surface area contributed by atoms with Gasteiger partial charge in [-0.3, -0.25) is 0 Å². The summed E-state index contributed by atoms with van der Waals surface area (Å²) in [4.78, 5) is 1.18. The first-order valence-electron chi connectivity index (χ1n) is 8.51. The summed E-state index contributed by atoms with van der Waals surface area (Å²) in [6, 6.07) is 10.3. The van der Waals surface area contributed by atoms with Gasteiger partial charge in [-0.05, 0) is 43.3 Å². The van der Waals surface area contributed by atoms with Crippen LogP contribution in [-0.2, 0) is 10.0 Å². The molecule has 1 aromatic carbocycles. The lowest BCUT2D eigenvalue weighted by Gasteiger charge is -2.32. The lowest BCUT2D eigenvalue weighted by Crippen LogP contribution is -2.38. The standard InChI is InChI=1S/C18H19N3O3S2/c1-13-7-9-14(10-8-13)26(22,23)21-11-3-2-5-15(21)17-19-20-18(24-17)16-6-4-12-25-16/h4,6-10,12,15H,2-3,5,11H2,1H3/t15-/m1/s1. The van der Waals surface area contributed by atoms with Crippen LogP contribution in [0.25, 0.3) is 10.8 Å². The fourth-order valence-electron chi connectivity index (χ4n) is 3.15. The van der Waals surface area contributed by atoms with E-state index in [1.54, 1.807) is 12.1 Å². The molecule has 8 heteroatoms. The minimum absolute atomic E-state index is 0.299. The Morgan fingerprint density at radius 2 is 1.96 bits per heavy atom. The minimum Gasteiger partial charge on any atom is -0.418 e. The fourth-order valence-corrected chi connectivity index (χ4v) is 5.45. The maximum absolute atomic E-state index is 13.2. The number of aromatic nitrogens is 2. The number of aryl methyl sites for hydroxylation is 1. The number of hydrogen-bond acceptors (Lipinski definition) is 6. The smallest absolute Gasteiger partial charge is 0.257 e. The molecule has 0 spiro atoms. The van der Waals surface area contributed by atoms with Crippen LogP contribution in [0.4, 0.5) is 0 Å². The average molecular weight is 390 g/mol. The molecule has 3 aromatic rings. The SMILES string of the molecule is Cc1ccc(S(=O)(=O)N2CCCC[C@@H]2c2nnc(-c3cccs3)o2)cc1. The number of hydrogen-bond donors (Lipinski definition) is 0. The molecule has 1 aliphatic heterocycles. The number of nitrogens with zero attached hydrogens (tertiary/aromatic N) is 3. The van der Waals surface area contributed by atoms with Crippen molar-refractivity contribution in [1.82, 2.24) is 14.5 Å². The number of piperidine rings is 1. The zero-order valence-corrected chi connectivity index (χ0v) is 16.0. The van der Waals surface area contributed by atoms with Gasteiger partial charge >= 0.3 is 0 Å². The Morgan fingerprint density at radius 3 is 2.69 bits per heavy atom. The number of thiophene rings is 1. The van der Waals surface area contributed by atoms with Crippen LogP contribution in [0.2, 0.25) is 0 Å². The topological polar surface area (TPSA) is 76.3 Å². The van der Waals surface area contributed by atoms with Crippen molar-refractivity contribution in [3.8, 4) is 10.8 Å². The maximum atomic E-state index is 13.2. The normalized spacial score (nSPS) is 18.9. The van der Waals surface area contributed by atoms with E-state index in [1.165, 1.54) is 15.6 Å². The molecule has 0 amide bonds. The largest absolute Gasteiger partial charge is 0.418 e. The van der Waals surface area contributed by atoms with Gasteiger partial charge in [-0.1, -0.05) is 30.2 Å². The highest BCUT2D eigenvalue weighted by Crippen LogP contribution is 2.36. The molecule has 2 aromatic heterocycles. The minimum atomic E-state index is -3.61. The predicted molar refractivity (Wildman–Crippen MR) is 99.3 cm³/mol. The molecule has 6 nitrogen and oxygen atoms in total. The Labute approximate surface area is 156 Å². The molecule has 3 heterocycles. The van der Waals surface area contributed by atoms with E-state index in [2.05, 4.69) is 10.2 Å². The summed E-state index contributed by atoms with van der Waals surface area (Å²) in [5.74, 6) is 0.803. The molecule has 1 atom stereocenters. The van der Waals surface area contributed by atoms with Crippen LogP contribution in [0.15, 0.2) is 51.1 Å². The molecule has 0 unspecified atom stereocenters. The molecule has 26 heavy (non-hydrogen) atoms. The molecule has 1 saturated heterocycles. The second kappa shape index (κ2) is 6.94. The van der Waals surface area contributed by atoms with Gasteiger partial charge in [0.1, 0.15) is 6.04 Å². The molecule has 1 fully saturated rings. The van der Waals surface area contributed by atoms with Gasteiger partial charge in [0, 0.05) is 6.54 Å². The second-order valence-electron chi connectivity index (χ2n) is 6.36. The van der Waals surface area contributed by atoms with Crippen molar-refractivity contribution in [3.63, 3.8) is 0 Å². The van der Waals surface area contributed by atoms with Crippen LogP contribution >= 0.6 is 11.3 Å². The van der Waals surface area contributed by atoms with E-state index in [4.69, 9.17) is 4.42 Å². The summed E-state index contributed by atoms with van der Waals surface area (Å²) in [7, 11) is -3.61. The number of sulfonamides is 1. The summed E-state index contributed by atoms with van der Waals surface area (Å²) in [6.45, 7) is 2.39. The van der Waals surface area contributed by atoms with E-state index >= 15 is 0 Å². The van der Waals surface area contributed by atoms with E-state index in [1.807, 2.05) is 36.6 Å². The predicted octanol–water partition coefficient (Wildman–Crippen LogP) is 4.02. The highest BCUT2D eigenvalue weighted by atomic mass is 32.2. The molecular weight excluding hydrogens is 370 g/mol. The van der Waals surface area contributed by atoms with Gasteiger partial charge in [0.25, 0.3) is 5.89 Å². The summed E-state index contributed by atoms with van der Waals surface area (Å²) >= 11 is 1.51. The van der Waals surface area contributed by atoms with Crippen LogP contribution in [0, 0.1) is 6.92 Å². The van der Waals surface area contributed by atoms with Crippen LogP contribution in [0.1, 0.15) is 36.8 Å². The van der Waals surface area contributed by atoms with Gasteiger partial charge in [-0.25, -0.2) is 8.42 Å². The average Bonchev–Trinajstić information content (AvgIpc) is 3.34. The van der Waals surface area contributed by atoms with Gasteiger partial charge in [-0.15, -0.1) is 21.5 Å². The Bertz CT molecular complexity index is 979. The van der Waals surface area contributed by atoms with Crippen molar-refractivity contribution in [2.24, 2.45) is 0 Å². The number of rotatable bonds is 4. The van der Waals surface area contributed by atoms with Crippen molar-refractivity contribution in [2.75, 3.05) is 6.54 Å². The highest BCUT2D eigenvalue weighted by Gasteiger charge is 2.37. The van der Waals surface area contributed by atoms with Gasteiger partial charge in [0.2, 0.25) is 15.9 Å². The first kappa shape index (κ1) is 17.4. The number of benzene rings is 1. The summed E-state index contributed by atoms with van der Waals surface area (Å²) in [6.07, 6.45) is 2.44. The lowest BCUT2D eigenvalue weighted by atomic mass is 10.1. The van der Waals surface area contributed by atoms with Crippen molar-refractivity contribution in [1.29, 1.82) is 0 Å². The summed E-state index contributed by atoms with van der Waals surface area (Å²) in [5, 5.41) is 10.2. The van der Waals surface area contributed by atoms with Gasteiger partial charge in [-0.2, -0.15) is 4.31 Å². The lowest BCUT2D eigenvalue weighted by molar-refractivity contribution is 0.220. The van der Waals surface area contributed by atoms with Crippen LogP contribution in [0.3, 0.4) is 0 Å². The summed E-state index contributed by atoms with van der Waals surface area (Å²) in [5.41, 5.74) is 1.02. The molecule has 0 N–H and O–H groups in total.